The summed E-state index contributed by atoms with van der Waals surface area (Å²) in [6.07, 6.45) is 2.04. The highest BCUT2D eigenvalue weighted by Gasteiger charge is 2.44. The predicted octanol–water partition coefficient (Wildman–Crippen LogP) is 4.81. The number of anilines is 3. The van der Waals surface area contributed by atoms with Crippen molar-refractivity contribution in [2.24, 2.45) is 0 Å². The molecule has 0 amide bonds. The first-order valence-corrected chi connectivity index (χ1v) is 13.6. The van der Waals surface area contributed by atoms with E-state index in [-0.39, 0.29) is 0 Å². The molecule has 0 aliphatic heterocycles. The lowest BCUT2D eigenvalue weighted by Gasteiger charge is -2.29. The van der Waals surface area contributed by atoms with E-state index in [0.29, 0.717) is 5.88 Å². The molecule has 0 atom stereocenters. The van der Waals surface area contributed by atoms with Crippen LogP contribution in [0.1, 0.15) is 6.42 Å². The Morgan fingerprint density at radius 2 is 0.812 bits per heavy atom. The molecule has 0 bridgehead atoms. The zero-order valence-corrected chi connectivity index (χ0v) is 21.9. The van der Waals surface area contributed by atoms with Crippen LogP contribution in [0.15, 0.2) is 72.8 Å². The largest absolute Gasteiger partial charge is 0.378 e. The zero-order chi connectivity index (χ0) is 23.3. The molecule has 0 radical (unpaired) electrons. The molecule has 3 aromatic carbocycles. The Labute approximate surface area is 199 Å². The molecule has 0 spiro atoms. The molecule has 0 N–H and O–H groups in total. The standard InChI is InChI=1S/C27H36ClN3P/c1-29(2)22-8-14-25(15-9-22)32(21-7-20-28,26-16-10-23(11-17-26)30(3)4)27-18-12-24(13-19-27)31(5)6/h8-19H,7,20-21H2,1-6H3/q+1. The molecular weight excluding hydrogens is 433 g/mol. The van der Waals surface area contributed by atoms with Crippen LogP contribution in [0.3, 0.4) is 0 Å². The molecule has 3 aromatic rings. The van der Waals surface area contributed by atoms with Crippen molar-refractivity contribution in [1.29, 1.82) is 0 Å². The van der Waals surface area contributed by atoms with E-state index in [0.717, 1.165) is 12.6 Å². The summed E-state index contributed by atoms with van der Waals surface area (Å²) in [6, 6.07) is 27.4. The Kier molecular flexibility index (Phi) is 8.09. The fourth-order valence-electron chi connectivity index (χ4n) is 4.15. The van der Waals surface area contributed by atoms with Gasteiger partial charge in [-0.2, -0.15) is 0 Å². The molecule has 3 nitrogen and oxygen atoms in total. The monoisotopic (exact) mass is 468 g/mol. The maximum absolute atomic E-state index is 6.27. The van der Waals surface area contributed by atoms with Gasteiger partial charge in [0, 0.05) is 65.2 Å². The van der Waals surface area contributed by atoms with Gasteiger partial charge >= 0.3 is 0 Å². The smallest absolute Gasteiger partial charge is 0.112 e. The number of alkyl halides is 1. The lowest BCUT2D eigenvalue weighted by Crippen LogP contribution is -2.34. The first-order chi connectivity index (χ1) is 15.3. The molecule has 3 rings (SSSR count). The van der Waals surface area contributed by atoms with Gasteiger partial charge in [-0.05, 0) is 79.2 Å². The fourth-order valence-corrected chi connectivity index (χ4v) is 8.74. The van der Waals surface area contributed by atoms with Gasteiger partial charge in [-0.15, -0.1) is 11.6 Å². The van der Waals surface area contributed by atoms with Crippen molar-refractivity contribution < 1.29 is 0 Å². The van der Waals surface area contributed by atoms with Crippen molar-refractivity contribution in [1.82, 2.24) is 0 Å². The predicted molar refractivity (Wildman–Crippen MR) is 148 cm³/mol. The van der Waals surface area contributed by atoms with Gasteiger partial charge in [0.05, 0.1) is 6.16 Å². The van der Waals surface area contributed by atoms with Crippen LogP contribution >= 0.6 is 18.9 Å². The molecule has 0 aliphatic rings. The van der Waals surface area contributed by atoms with Gasteiger partial charge < -0.3 is 14.7 Å². The normalized spacial score (nSPS) is 11.3. The summed E-state index contributed by atoms with van der Waals surface area (Å²) in [6.45, 7) is 0. The summed E-state index contributed by atoms with van der Waals surface area (Å²) >= 11 is 6.27. The Balaban J connectivity index is 2.24. The third-order valence-corrected chi connectivity index (χ3v) is 10.8. The summed E-state index contributed by atoms with van der Waals surface area (Å²) in [7, 11) is 10.7. The number of nitrogens with zero attached hydrogens (tertiary/aromatic N) is 3. The topological polar surface area (TPSA) is 9.72 Å². The second-order valence-electron chi connectivity index (χ2n) is 8.81. The molecule has 0 aliphatic carbocycles. The van der Waals surface area contributed by atoms with Gasteiger partial charge in [-0.25, -0.2) is 0 Å². The van der Waals surface area contributed by atoms with E-state index in [1.807, 2.05) is 0 Å². The van der Waals surface area contributed by atoms with Crippen molar-refractivity contribution in [3.8, 4) is 0 Å². The highest BCUT2D eigenvalue weighted by Crippen LogP contribution is 2.56. The number of hydrogen-bond donors (Lipinski definition) is 0. The maximum Gasteiger partial charge on any atom is 0.112 e. The number of hydrogen-bond acceptors (Lipinski definition) is 3. The van der Waals surface area contributed by atoms with E-state index >= 15 is 0 Å². The van der Waals surface area contributed by atoms with E-state index < -0.39 is 7.26 Å². The SMILES string of the molecule is CN(C)c1ccc([P+](CCCCl)(c2ccc(N(C)C)cc2)c2ccc(N(C)C)cc2)cc1. The van der Waals surface area contributed by atoms with Gasteiger partial charge in [-0.3, -0.25) is 0 Å². The van der Waals surface area contributed by atoms with E-state index in [4.69, 9.17) is 11.6 Å². The zero-order valence-electron chi connectivity index (χ0n) is 20.2. The minimum absolute atomic E-state index is 0.670. The quantitative estimate of drug-likeness (QED) is 0.329. The minimum atomic E-state index is -1.86. The Bertz CT molecular complexity index is 856. The van der Waals surface area contributed by atoms with E-state index in [1.165, 1.54) is 33.0 Å². The molecule has 0 heterocycles. The van der Waals surface area contributed by atoms with Crippen LogP contribution < -0.4 is 30.6 Å². The third kappa shape index (κ3) is 5.05. The van der Waals surface area contributed by atoms with Crippen molar-refractivity contribution in [3.05, 3.63) is 72.8 Å². The first-order valence-electron chi connectivity index (χ1n) is 11.1. The molecule has 0 saturated heterocycles. The van der Waals surface area contributed by atoms with Gasteiger partial charge in [-0.1, -0.05) is 0 Å². The van der Waals surface area contributed by atoms with Gasteiger partial charge in [0.25, 0.3) is 0 Å². The molecule has 5 heteroatoms. The van der Waals surface area contributed by atoms with Crippen LogP contribution in [0.5, 0.6) is 0 Å². The molecule has 0 aromatic heterocycles. The van der Waals surface area contributed by atoms with Crippen LogP contribution in [-0.4, -0.2) is 54.3 Å². The van der Waals surface area contributed by atoms with E-state index in [1.54, 1.807) is 0 Å². The molecule has 0 unspecified atom stereocenters. The van der Waals surface area contributed by atoms with Crippen LogP contribution in [0.2, 0.25) is 0 Å². The number of rotatable bonds is 9. The van der Waals surface area contributed by atoms with E-state index in [2.05, 4.69) is 130 Å². The average molecular weight is 469 g/mol. The van der Waals surface area contributed by atoms with Crippen molar-refractivity contribution >= 4 is 51.8 Å². The third-order valence-electron chi connectivity index (χ3n) is 6.05. The van der Waals surface area contributed by atoms with Crippen molar-refractivity contribution in [3.63, 3.8) is 0 Å². The lowest BCUT2D eigenvalue weighted by atomic mass is 10.3. The van der Waals surface area contributed by atoms with Crippen molar-refractivity contribution in [2.45, 2.75) is 6.42 Å². The van der Waals surface area contributed by atoms with E-state index in [9.17, 15) is 0 Å². The average Bonchev–Trinajstić information content (AvgIpc) is 2.80. The maximum atomic E-state index is 6.27. The van der Waals surface area contributed by atoms with Crippen LogP contribution in [-0.2, 0) is 0 Å². The summed E-state index contributed by atoms with van der Waals surface area (Å²) in [5, 5.41) is 4.22. The van der Waals surface area contributed by atoms with Crippen LogP contribution in [0.4, 0.5) is 17.1 Å². The molecule has 32 heavy (non-hydrogen) atoms. The van der Waals surface area contributed by atoms with Gasteiger partial charge in [0.2, 0.25) is 0 Å². The second kappa shape index (κ2) is 10.6. The number of halogens is 1. The second-order valence-corrected chi connectivity index (χ2v) is 12.8. The summed E-state index contributed by atoms with van der Waals surface area (Å²) < 4.78 is 0. The first kappa shape index (κ1) is 24.4. The molecule has 0 fully saturated rings. The summed E-state index contributed by atoms with van der Waals surface area (Å²) in [5.41, 5.74) is 3.65. The van der Waals surface area contributed by atoms with Crippen LogP contribution in [0, 0.1) is 0 Å². The summed E-state index contributed by atoms with van der Waals surface area (Å²) in [4.78, 5) is 6.46. The number of benzene rings is 3. The summed E-state index contributed by atoms with van der Waals surface area (Å²) in [5.74, 6) is 0.670. The van der Waals surface area contributed by atoms with Gasteiger partial charge in [0.15, 0.2) is 0 Å². The Morgan fingerprint density at radius 1 is 0.531 bits per heavy atom. The highest BCUT2D eigenvalue weighted by atomic mass is 35.5. The lowest BCUT2D eigenvalue weighted by molar-refractivity contribution is 1.10. The van der Waals surface area contributed by atoms with Crippen molar-refractivity contribution in [2.75, 3.05) is 69.0 Å². The minimum Gasteiger partial charge on any atom is -0.378 e. The van der Waals surface area contributed by atoms with Crippen LogP contribution in [0.25, 0.3) is 0 Å². The fraction of sp³-hybridized carbons (Fsp3) is 0.333. The molecule has 0 saturated carbocycles. The molecular formula is C27H36ClN3P+. The Morgan fingerprint density at radius 3 is 1.03 bits per heavy atom. The highest BCUT2D eigenvalue weighted by molar-refractivity contribution is 7.95. The van der Waals surface area contributed by atoms with Gasteiger partial charge in [0.1, 0.15) is 23.2 Å². The Hall–Kier alpha value is -2.22. The molecule has 170 valence electrons.